The topological polar surface area (TPSA) is 58.2 Å². The van der Waals surface area contributed by atoms with Gasteiger partial charge in [-0.1, -0.05) is 27.7 Å². The van der Waals surface area contributed by atoms with Crippen LogP contribution in [0.4, 0.5) is 0 Å². The Balaban J connectivity index is 3.57. The van der Waals surface area contributed by atoms with E-state index in [-0.39, 0.29) is 5.75 Å². The normalized spacial score (nSPS) is 12.6. The zero-order chi connectivity index (χ0) is 13.3. The van der Waals surface area contributed by atoms with Crippen molar-refractivity contribution in [3.63, 3.8) is 0 Å². The van der Waals surface area contributed by atoms with E-state index in [1.807, 2.05) is 0 Å². The molecule has 104 valence electrons. The summed E-state index contributed by atoms with van der Waals surface area (Å²) in [6, 6.07) is 0.468. The summed E-state index contributed by atoms with van der Waals surface area (Å²) in [7, 11) is -3.06. The van der Waals surface area contributed by atoms with Gasteiger partial charge in [-0.05, 0) is 31.7 Å². The summed E-state index contributed by atoms with van der Waals surface area (Å²) in [5, 5.41) is 3.27. The number of sulfonamides is 1. The molecule has 5 heteroatoms. The van der Waals surface area contributed by atoms with Crippen molar-refractivity contribution >= 4 is 10.0 Å². The second kappa shape index (κ2) is 8.89. The lowest BCUT2D eigenvalue weighted by atomic mass is 10.1. The Labute approximate surface area is 107 Å². The second-order valence-electron chi connectivity index (χ2n) is 5.21. The molecule has 17 heavy (non-hydrogen) atoms. The van der Waals surface area contributed by atoms with E-state index in [0.717, 1.165) is 25.8 Å². The highest BCUT2D eigenvalue weighted by Crippen LogP contribution is 1.99. The summed E-state index contributed by atoms with van der Waals surface area (Å²) in [5.74, 6) is 0.776. The van der Waals surface area contributed by atoms with Crippen molar-refractivity contribution in [3.8, 4) is 0 Å². The van der Waals surface area contributed by atoms with E-state index in [0.29, 0.717) is 18.5 Å². The van der Waals surface area contributed by atoms with Crippen molar-refractivity contribution < 1.29 is 8.42 Å². The van der Waals surface area contributed by atoms with Gasteiger partial charge >= 0.3 is 0 Å². The lowest BCUT2D eigenvalue weighted by molar-refractivity contribution is 0.543. The molecule has 0 radical (unpaired) electrons. The standard InChI is InChI=1S/C12H28N2O2S/c1-11(2)7-9-14-17(15,16)10-6-5-8-13-12(3)4/h11-14H,5-10H2,1-4H3. The van der Waals surface area contributed by atoms with Crippen molar-refractivity contribution in [2.24, 2.45) is 5.92 Å². The molecule has 0 aliphatic carbocycles. The third-order valence-electron chi connectivity index (χ3n) is 2.44. The molecule has 0 aromatic heterocycles. The number of hydrogen-bond donors (Lipinski definition) is 2. The van der Waals surface area contributed by atoms with Crippen LogP contribution in [0.25, 0.3) is 0 Å². The molecule has 0 spiro atoms. The molecule has 0 aromatic rings. The van der Waals surface area contributed by atoms with Gasteiger partial charge < -0.3 is 5.32 Å². The lowest BCUT2D eigenvalue weighted by Gasteiger charge is -2.09. The van der Waals surface area contributed by atoms with Crippen LogP contribution in [-0.2, 0) is 10.0 Å². The van der Waals surface area contributed by atoms with Crippen LogP contribution in [-0.4, -0.2) is 33.3 Å². The van der Waals surface area contributed by atoms with Crippen molar-refractivity contribution in [1.29, 1.82) is 0 Å². The number of unbranched alkanes of at least 4 members (excludes halogenated alkanes) is 1. The monoisotopic (exact) mass is 264 g/mol. The van der Waals surface area contributed by atoms with Crippen molar-refractivity contribution in [3.05, 3.63) is 0 Å². The van der Waals surface area contributed by atoms with Gasteiger partial charge in [-0.2, -0.15) is 0 Å². The third kappa shape index (κ3) is 12.1. The van der Waals surface area contributed by atoms with Gasteiger partial charge in [0.2, 0.25) is 10.0 Å². The predicted octanol–water partition coefficient (Wildman–Crippen LogP) is 1.73. The third-order valence-corrected chi connectivity index (χ3v) is 3.91. The first-order valence-electron chi connectivity index (χ1n) is 6.54. The van der Waals surface area contributed by atoms with Crippen LogP contribution < -0.4 is 10.0 Å². The molecular formula is C12H28N2O2S. The SMILES string of the molecule is CC(C)CCNS(=O)(=O)CCCCNC(C)C. The summed E-state index contributed by atoms with van der Waals surface area (Å²) in [6.45, 7) is 9.80. The summed E-state index contributed by atoms with van der Waals surface area (Å²) in [4.78, 5) is 0. The van der Waals surface area contributed by atoms with Gasteiger partial charge in [-0.3, -0.25) is 0 Å². The van der Waals surface area contributed by atoms with Gasteiger partial charge in [0.15, 0.2) is 0 Å². The second-order valence-corrected chi connectivity index (χ2v) is 7.14. The largest absolute Gasteiger partial charge is 0.315 e. The first kappa shape index (κ1) is 16.9. The maximum absolute atomic E-state index is 11.6. The molecule has 0 saturated carbocycles. The Hall–Kier alpha value is -0.130. The van der Waals surface area contributed by atoms with Crippen LogP contribution in [0.5, 0.6) is 0 Å². The molecule has 0 amide bonds. The van der Waals surface area contributed by atoms with Crippen LogP contribution in [0.3, 0.4) is 0 Å². The highest BCUT2D eigenvalue weighted by molar-refractivity contribution is 7.89. The molecule has 0 fully saturated rings. The maximum Gasteiger partial charge on any atom is 0.211 e. The molecule has 4 nitrogen and oxygen atoms in total. The number of rotatable bonds is 10. The van der Waals surface area contributed by atoms with Gasteiger partial charge in [0, 0.05) is 12.6 Å². The Kier molecular flexibility index (Phi) is 8.82. The summed E-state index contributed by atoms with van der Waals surface area (Å²) >= 11 is 0. The number of hydrogen-bond acceptors (Lipinski definition) is 3. The van der Waals surface area contributed by atoms with E-state index < -0.39 is 10.0 Å². The Bertz CT molecular complexity index is 274. The van der Waals surface area contributed by atoms with Crippen LogP contribution in [0.1, 0.15) is 47.0 Å². The number of nitrogens with one attached hydrogen (secondary N) is 2. The van der Waals surface area contributed by atoms with E-state index in [1.54, 1.807) is 0 Å². The van der Waals surface area contributed by atoms with Crippen LogP contribution in [0.2, 0.25) is 0 Å². The first-order chi connectivity index (χ1) is 7.83. The Morgan fingerprint density at radius 1 is 1.00 bits per heavy atom. The molecule has 0 saturated heterocycles. The zero-order valence-electron chi connectivity index (χ0n) is 11.6. The van der Waals surface area contributed by atoms with Crippen LogP contribution in [0.15, 0.2) is 0 Å². The molecule has 0 unspecified atom stereocenters. The molecule has 0 bridgehead atoms. The van der Waals surface area contributed by atoms with Gasteiger partial charge in [0.25, 0.3) is 0 Å². The first-order valence-corrected chi connectivity index (χ1v) is 8.19. The van der Waals surface area contributed by atoms with Crippen LogP contribution >= 0.6 is 0 Å². The zero-order valence-corrected chi connectivity index (χ0v) is 12.4. The molecule has 0 aromatic carbocycles. The van der Waals surface area contributed by atoms with Gasteiger partial charge in [-0.15, -0.1) is 0 Å². The van der Waals surface area contributed by atoms with Crippen molar-refractivity contribution in [1.82, 2.24) is 10.0 Å². The van der Waals surface area contributed by atoms with Gasteiger partial charge in [0.1, 0.15) is 0 Å². The minimum atomic E-state index is -3.06. The molecule has 0 heterocycles. The predicted molar refractivity (Wildman–Crippen MR) is 73.6 cm³/mol. The highest BCUT2D eigenvalue weighted by atomic mass is 32.2. The molecule has 0 aliphatic heterocycles. The maximum atomic E-state index is 11.6. The van der Waals surface area contributed by atoms with E-state index in [1.165, 1.54) is 0 Å². The van der Waals surface area contributed by atoms with E-state index in [4.69, 9.17) is 0 Å². The molecule has 0 atom stereocenters. The van der Waals surface area contributed by atoms with Gasteiger partial charge in [-0.25, -0.2) is 13.1 Å². The smallest absolute Gasteiger partial charge is 0.211 e. The summed E-state index contributed by atoms with van der Waals surface area (Å²) < 4.78 is 25.8. The fraction of sp³-hybridized carbons (Fsp3) is 1.00. The Morgan fingerprint density at radius 2 is 1.65 bits per heavy atom. The highest BCUT2D eigenvalue weighted by Gasteiger charge is 2.09. The molecule has 0 rings (SSSR count). The minimum Gasteiger partial charge on any atom is -0.315 e. The van der Waals surface area contributed by atoms with E-state index >= 15 is 0 Å². The van der Waals surface area contributed by atoms with E-state index in [9.17, 15) is 8.42 Å². The van der Waals surface area contributed by atoms with Crippen molar-refractivity contribution in [2.45, 2.75) is 53.0 Å². The molecule has 0 aliphatic rings. The van der Waals surface area contributed by atoms with Crippen molar-refractivity contribution in [2.75, 3.05) is 18.8 Å². The lowest BCUT2D eigenvalue weighted by Crippen LogP contribution is -2.29. The van der Waals surface area contributed by atoms with E-state index in [2.05, 4.69) is 37.7 Å². The quantitative estimate of drug-likeness (QED) is 0.591. The summed E-state index contributed by atoms with van der Waals surface area (Å²) in [6.07, 6.45) is 2.52. The summed E-state index contributed by atoms with van der Waals surface area (Å²) in [5.41, 5.74) is 0. The fourth-order valence-corrected chi connectivity index (χ4v) is 2.54. The van der Waals surface area contributed by atoms with Gasteiger partial charge in [0.05, 0.1) is 5.75 Å². The van der Waals surface area contributed by atoms with Crippen LogP contribution in [0, 0.1) is 5.92 Å². The molecular weight excluding hydrogens is 236 g/mol. The average molecular weight is 264 g/mol. The fourth-order valence-electron chi connectivity index (χ4n) is 1.38. The minimum absolute atomic E-state index is 0.241. The average Bonchev–Trinajstić information content (AvgIpc) is 2.15. The Morgan fingerprint density at radius 3 is 2.18 bits per heavy atom. The molecule has 2 N–H and O–H groups in total.